The SMILES string of the molecule is CCCc1cc(C(=O)NCC2(O)CCCCC2)n[nH]1. The van der Waals surface area contributed by atoms with Gasteiger partial charge in [0.15, 0.2) is 0 Å². The summed E-state index contributed by atoms with van der Waals surface area (Å²) >= 11 is 0. The van der Waals surface area contributed by atoms with E-state index in [4.69, 9.17) is 0 Å². The summed E-state index contributed by atoms with van der Waals surface area (Å²) in [6.45, 7) is 2.40. The first-order valence-corrected chi connectivity index (χ1v) is 7.18. The average Bonchev–Trinajstić information content (AvgIpc) is 2.86. The molecule has 1 aliphatic rings. The lowest BCUT2D eigenvalue weighted by Crippen LogP contribution is -2.44. The number of hydrogen-bond donors (Lipinski definition) is 3. The third-order valence-corrected chi connectivity index (χ3v) is 3.75. The summed E-state index contributed by atoms with van der Waals surface area (Å²) in [5.41, 5.74) is 0.656. The zero-order valence-corrected chi connectivity index (χ0v) is 11.5. The number of aryl methyl sites for hydroxylation is 1. The van der Waals surface area contributed by atoms with Gasteiger partial charge in [-0.1, -0.05) is 32.6 Å². The van der Waals surface area contributed by atoms with E-state index < -0.39 is 5.60 Å². The Morgan fingerprint density at radius 1 is 1.47 bits per heavy atom. The maximum absolute atomic E-state index is 11.9. The quantitative estimate of drug-likeness (QED) is 0.759. The number of hydrogen-bond acceptors (Lipinski definition) is 3. The van der Waals surface area contributed by atoms with E-state index in [0.29, 0.717) is 12.2 Å². The van der Waals surface area contributed by atoms with Gasteiger partial charge in [0.05, 0.1) is 5.60 Å². The molecule has 19 heavy (non-hydrogen) atoms. The lowest BCUT2D eigenvalue weighted by atomic mass is 9.85. The molecule has 5 nitrogen and oxygen atoms in total. The van der Waals surface area contributed by atoms with Crippen LogP contribution in [0.4, 0.5) is 0 Å². The van der Waals surface area contributed by atoms with Gasteiger partial charge in [-0.25, -0.2) is 0 Å². The van der Waals surface area contributed by atoms with E-state index in [0.717, 1.165) is 44.2 Å². The topological polar surface area (TPSA) is 78.0 Å². The normalized spacial score (nSPS) is 18.2. The highest BCUT2D eigenvalue weighted by atomic mass is 16.3. The van der Waals surface area contributed by atoms with E-state index in [1.165, 1.54) is 6.42 Å². The molecule has 1 heterocycles. The Balaban J connectivity index is 1.86. The van der Waals surface area contributed by atoms with Gasteiger partial charge in [0, 0.05) is 12.2 Å². The molecule has 1 aromatic rings. The number of aliphatic hydroxyl groups is 1. The highest BCUT2D eigenvalue weighted by Crippen LogP contribution is 2.27. The maximum atomic E-state index is 11.9. The Labute approximate surface area is 113 Å². The van der Waals surface area contributed by atoms with Crippen molar-refractivity contribution in [2.24, 2.45) is 0 Å². The highest BCUT2D eigenvalue weighted by molar-refractivity contribution is 5.92. The van der Waals surface area contributed by atoms with Crippen LogP contribution in [0.3, 0.4) is 0 Å². The molecule has 0 aliphatic heterocycles. The van der Waals surface area contributed by atoms with Crippen molar-refractivity contribution < 1.29 is 9.90 Å². The third kappa shape index (κ3) is 3.80. The minimum atomic E-state index is -0.726. The Hall–Kier alpha value is -1.36. The minimum Gasteiger partial charge on any atom is -0.388 e. The summed E-state index contributed by atoms with van der Waals surface area (Å²) in [7, 11) is 0. The second-order valence-electron chi connectivity index (χ2n) is 5.50. The number of aromatic amines is 1. The fourth-order valence-electron chi connectivity index (χ4n) is 2.60. The molecule has 0 aromatic carbocycles. The first kappa shape index (κ1) is 14.1. The van der Waals surface area contributed by atoms with Gasteiger partial charge >= 0.3 is 0 Å². The number of nitrogens with zero attached hydrogens (tertiary/aromatic N) is 1. The van der Waals surface area contributed by atoms with Gasteiger partial charge < -0.3 is 10.4 Å². The van der Waals surface area contributed by atoms with E-state index in [9.17, 15) is 9.90 Å². The molecular weight excluding hydrogens is 242 g/mol. The molecule has 5 heteroatoms. The van der Waals surface area contributed by atoms with E-state index in [1.54, 1.807) is 6.07 Å². The van der Waals surface area contributed by atoms with Gasteiger partial charge in [-0.3, -0.25) is 9.89 Å². The fraction of sp³-hybridized carbons (Fsp3) is 0.714. The monoisotopic (exact) mass is 265 g/mol. The summed E-state index contributed by atoms with van der Waals surface area (Å²) in [5.74, 6) is -0.211. The molecule has 0 bridgehead atoms. The average molecular weight is 265 g/mol. The van der Waals surface area contributed by atoms with Crippen LogP contribution >= 0.6 is 0 Å². The van der Waals surface area contributed by atoms with Crippen LogP contribution in [-0.2, 0) is 6.42 Å². The van der Waals surface area contributed by atoms with Crippen molar-refractivity contribution in [3.63, 3.8) is 0 Å². The smallest absolute Gasteiger partial charge is 0.271 e. The predicted molar refractivity (Wildman–Crippen MR) is 73.0 cm³/mol. The summed E-state index contributed by atoms with van der Waals surface area (Å²) in [4.78, 5) is 11.9. The maximum Gasteiger partial charge on any atom is 0.271 e. The molecule has 0 unspecified atom stereocenters. The van der Waals surface area contributed by atoms with Gasteiger partial charge in [0.25, 0.3) is 5.91 Å². The summed E-state index contributed by atoms with van der Waals surface area (Å²) in [6.07, 6.45) is 6.71. The van der Waals surface area contributed by atoms with E-state index in [1.807, 2.05) is 0 Å². The Kier molecular flexibility index (Phi) is 4.58. The fourth-order valence-corrected chi connectivity index (χ4v) is 2.60. The largest absolute Gasteiger partial charge is 0.388 e. The summed E-state index contributed by atoms with van der Waals surface area (Å²) < 4.78 is 0. The van der Waals surface area contributed by atoms with E-state index in [2.05, 4.69) is 22.4 Å². The van der Waals surface area contributed by atoms with E-state index >= 15 is 0 Å². The van der Waals surface area contributed by atoms with Crippen molar-refractivity contribution >= 4 is 5.91 Å². The Morgan fingerprint density at radius 2 is 2.21 bits per heavy atom. The molecule has 0 saturated heterocycles. The second-order valence-corrected chi connectivity index (χ2v) is 5.50. The molecule has 1 saturated carbocycles. The Morgan fingerprint density at radius 3 is 2.89 bits per heavy atom. The molecule has 0 atom stereocenters. The number of amides is 1. The molecule has 2 rings (SSSR count). The number of nitrogens with one attached hydrogen (secondary N) is 2. The van der Waals surface area contributed by atoms with Crippen LogP contribution in [0.1, 0.15) is 61.6 Å². The van der Waals surface area contributed by atoms with Crippen LogP contribution in [0, 0.1) is 0 Å². The molecule has 1 aromatic heterocycles. The molecule has 3 N–H and O–H groups in total. The summed E-state index contributed by atoms with van der Waals surface area (Å²) in [6, 6.07) is 1.78. The van der Waals surface area contributed by atoms with Crippen molar-refractivity contribution in [1.29, 1.82) is 0 Å². The van der Waals surface area contributed by atoms with Crippen LogP contribution in [0.25, 0.3) is 0 Å². The van der Waals surface area contributed by atoms with Crippen LogP contribution in [-0.4, -0.2) is 33.4 Å². The lowest BCUT2D eigenvalue weighted by molar-refractivity contribution is 0.00521. The summed E-state index contributed by atoms with van der Waals surface area (Å²) in [5, 5.41) is 20.0. The van der Waals surface area contributed by atoms with Gasteiger partial charge in [0.2, 0.25) is 0 Å². The molecule has 0 radical (unpaired) electrons. The van der Waals surface area contributed by atoms with Gasteiger partial charge in [-0.05, 0) is 25.3 Å². The molecule has 1 amide bonds. The van der Waals surface area contributed by atoms with Crippen LogP contribution < -0.4 is 5.32 Å². The first-order valence-electron chi connectivity index (χ1n) is 7.18. The number of carbonyl (C=O) groups excluding carboxylic acids is 1. The van der Waals surface area contributed by atoms with Crippen molar-refractivity contribution in [1.82, 2.24) is 15.5 Å². The predicted octanol–water partition coefficient (Wildman–Crippen LogP) is 1.79. The standard InChI is InChI=1S/C14H23N3O2/c1-2-6-11-9-12(17-16-11)13(18)15-10-14(19)7-4-3-5-8-14/h9,19H,2-8,10H2,1H3,(H,15,18)(H,16,17). The van der Waals surface area contributed by atoms with Crippen molar-refractivity contribution in [2.75, 3.05) is 6.54 Å². The van der Waals surface area contributed by atoms with Crippen LogP contribution in [0.5, 0.6) is 0 Å². The zero-order valence-electron chi connectivity index (χ0n) is 11.5. The van der Waals surface area contributed by atoms with Crippen molar-refractivity contribution in [3.8, 4) is 0 Å². The van der Waals surface area contributed by atoms with Gasteiger partial charge in [-0.2, -0.15) is 5.10 Å². The van der Waals surface area contributed by atoms with Crippen molar-refractivity contribution in [3.05, 3.63) is 17.5 Å². The molecule has 106 valence electrons. The lowest BCUT2D eigenvalue weighted by Gasteiger charge is -2.31. The van der Waals surface area contributed by atoms with Gasteiger partial charge in [-0.15, -0.1) is 0 Å². The third-order valence-electron chi connectivity index (χ3n) is 3.75. The highest BCUT2D eigenvalue weighted by Gasteiger charge is 2.29. The second kappa shape index (κ2) is 6.19. The molecule has 0 spiro atoms. The van der Waals surface area contributed by atoms with Crippen molar-refractivity contribution in [2.45, 2.75) is 57.5 Å². The number of H-pyrrole nitrogens is 1. The molecule has 1 aliphatic carbocycles. The van der Waals surface area contributed by atoms with Gasteiger partial charge in [0.1, 0.15) is 5.69 Å². The zero-order chi connectivity index (χ0) is 13.7. The molecular formula is C14H23N3O2. The number of rotatable bonds is 5. The molecule has 1 fully saturated rings. The number of carbonyl (C=O) groups is 1. The van der Waals surface area contributed by atoms with Crippen LogP contribution in [0.2, 0.25) is 0 Å². The minimum absolute atomic E-state index is 0.211. The Bertz CT molecular complexity index is 422. The number of aromatic nitrogens is 2. The van der Waals surface area contributed by atoms with Crippen LogP contribution in [0.15, 0.2) is 6.07 Å². The van der Waals surface area contributed by atoms with E-state index in [-0.39, 0.29) is 5.91 Å². The first-order chi connectivity index (χ1) is 9.13.